The summed E-state index contributed by atoms with van der Waals surface area (Å²) in [6.07, 6.45) is 6.71. The molecule has 2 fully saturated rings. The fraction of sp³-hybridized carbons (Fsp3) is 0.407. The summed E-state index contributed by atoms with van der Waals surface area (Å²) in [5.41, 5.74) is 1.74. The summed E-state index contributed by atoms with van der Waals surface area (Å²) in [6, 6.07) is 11.6. The van der Waals surface area contributed by atoms with E-state index in [1.54, 1.807) is 18.2 Å². The van der Waals surface area contributed by atoms with Gasteiger partial charge in [-0.15, -0.1) is 10.2 Å². The number of tetrazole rings is 1. The Bertz CT molecular complexity index is 1380. The van der Waals surface area contributed by atoms with Crippen molar-refractivity contribution < 1.29 is 14.0 Å². The maximum atomic E-state index is 14.1. The average Bonchev–Trinajstić information content (AvgIpc) is 3.56. The van der Waals surface area contributed by atoms with Crippen molar-refractivity contribution >= 4 is 29.1 Å². The molecule has 38 heavy (non-hydrogen) atoms. The van der Waals surface area contributed by atoms with Crippen LogP contribution in [0.15, 0.2) is 47.5 Å². The van der Waals surface area contributed by atoms with E-state index in [1.165, 1.54) is 12.1 Å². The van der Waals surface area contributed by atoms with Crippen LogP contribution in [0.2, 0.25) is 5.02 Å². The van der Waals surface area contributed by atoms with Gasteiger partial charge in [0.2, 0.25) is 0 Å². The highest BCUT2D eigenvalue weighted by Crippen LogP contribution is 2.52. The Kier molecular flexibility index (Phi) is 6.43. The third-order valence-electron chi connectivity index (χ3n) is 7.69. The first-order chi connectivity index (χ1) is 18.4. The van der Waals surface area contributed by atoms with Gasteiger partial charge in [0.25, 0.3) is 11.8 Å². The Morgan fingerprint density at radius 3 is 2.58 bits per heavy atom. The molecule has 0 unspecified atom stereocenters. The first-order valence-electron chi connectivity index (χ1n) is 12.9. The zero-order valence-corrected chi connectivity index (χ0v) is 21.4. The lowest BCUT2D eigenvalue weighted by Crippen LogP contribution is -2.50. The number of carbonyl (C=O) groups is 2. The van der Waals surface area contributed by atoms with Crippen LogP contribution < -0.4 is 5.32 Å². The van der Waals surface area contributed by atoms with Crippen LogP contribution in [0.4, 0.5) is 4.39 Å². The Morgan fingerprint density at radius 1 is 1.16 bits per heavy atom. The number of nitrogens with one attached hydrogen (secondary N) is 2. The molecule has 3 aromatic rings. The highest BCUT2D eigenvalue weighted by atomic mass is 35.5. The largest absolute Gasteiger partial charge is 0.345 e. The van der Waals surface area contributed by atoms with Gasteiger partial charge < -0.3 is 10.2 Å². The maximum Gasteiger partial charge on any atom is 0.275 e. The highest BCUT2D eigenvalue weighted by molar-refractivity contribution is 6.47. The minimum absolute atomic E-state index is 0.0268. The Balaban J connectivity index is 1.30. The van der Waals surface area contributed by atoms with Crippen LogP contribution in [0.25, 0.3) is 0 Å². The Morgan fingerprint density at radius 2 is 1.92 bits per heavy atom. The number of hydrogen-bond acceptors (Lipinski definition) is 6. The van der Waals surface area contributed by atoms with Gasteiger partial charge in [-0.2, -0.15) is 5.21 Å². The summed E-state index contributed by atoms with van der Waals surface area (Å²) in [5, 5.41) is 16.3. The van der Waals surface area contributed by atoms with Gasteiger partial charge >= 0.3 is 0 Å². The smallest absolute Gasteiger partial charge is 0.275 e. The lowest BCUT2D eigenvalue weighted by atomic mass is 9.86. The fourth-order valence-corrected chi connectivity index (χ4v) is 5.88. The van der Waals surface area contributed by atoms with Crippen LogP contribution in [-0.4, -0.2) is 48.7 Å². The zero-order valence-electron chi connectivity index (χ0n) is 20.7. The first kappa shape index (κ1) is 24.7. The van der Waals surface area contributed by atoms with Gasteiger partial charge in [-0.25, -0.2) is 4.39 Å². The van der Waals surface area contributed by atoms with Gasteiger partial charge in [-0.3, -0.25) is 14.6 Å². The molecule has 1 atom stereocenters. The Hall–Kier alpha value is -3.66. The van der Waals surface area contributed by atoms with Crippen molar-refractivity contribution in [3.8, 4) is 0 Å². The molecule has 2 N–H and O–H groups in total. The van der Waals surface area contributed by atoms with Crippen LogP contribution in [-0.2, 0) is 11.3 Å². The topological polar surface area (TPSA) is 116 Å². The molecule has 6 rings (SSSR count). The summed E-state index contributed by atoms with van der Waals surface area (Å²) in [5.74, 6) is -0.199. The average molecular weight is 536 g/mol. The molecule has 196 valence electrons. The number of aliphatic imine (C=N–C) groups is 1. The van der Waals surface area contributed by atoms with Crippen LogP contribution >= 0.6 is 11.6 Å². The van der Waals surface area contributed by atoms with Crippen LogP contribution in [0, 0.1) is 11.7 Å². The number of amides is 2. The standard InChI is InChI=1S/C27H27ClFN7O2/c28-20-14-19(10-11-21(20)29)23-26(38)36(27(31-23)12-2-1-3-13-27)24(16-4-5-16)17-6-8-18(9-7-17)25(37)30-15-22-32-34-35-33-22/h6-11,14,16,24H,1-5,12-13,15H2,(H,30,37)(H,32,33,34,35)/t24-/m1/s1. The minimum atomic E-state index is -0.626. The van der Waals surface area contributed by atoms with E-state index >= 15 is 0 Å². The second-order valence-corrected chi connectivity index (χ2v) is 10.6. The van der Waals surface area contributed by atoms with E-state index in [0.29, 0.717) is 28.6 Å². The van der Waals surface area contributed by atoms with E-state index in [0.717, 1.165) is 50.5 Å². The number of hydrogen-bond donors (Lipinski definition) is 2. The molecule has 1 aromatic heterocycles. The minimum Gasteiger partial charge on any atom is -0.345 e. The number of aromatic nitrogens is 4. The van der Waals surface area contributed by atoms with E-state index in [4.69, 9.17) is 16.6 Å². The normalized spacial score (nSPS) is 19.5. The molecular weight excluding hydrogens is 509 g/mol. The monoisotopic (exact) mass is 535 g/mol. The zero-order chi connectivity index (χ0) is 26.3. The molecule has 0 saturated heterocycles. The molecule has 1 spiro atoms. The second-order valence-electron chi connectivity index (χ2n) is 10.2. The molecule has 9 nitrogen and oxygen atoms in total. The highest BCUT2D eigenvalue weighted by Gasteiger charge is 2.53. The number of H-pyrrole nitrogens is 1. The van der Waals surface area contributed by atoms with Crippen molar-refractivity contribution in [2.24, 2.45) is 10.9 Å². The Labute approximate surface area is 223 Å². The summed E-state index contributed by atoms with van der Waals surface area (Å²) in [7, 11) is 0. The molecular formula is C27H27ClFN7O2. The summed E-state index contributed by atoms with van der Waals surface area (Å²) in [4.78, 5) is 33.8. The van der Waals surface area contributed by atoms with Crippen molar-refractivity contribution in [3.63, 3.8) is 0 Å². The molecule has 2 amide bonds. The van der Waals surface area contributed by atoms with Gasteiger partial charge in [0.1, 0.15) is 17.2 Å². The lowest BCUT2D eigenvalue weighted by molar-refractivity contribution is -0.133. The van der Waals surface area contributed by atoms with Gasteiger partial charge in [0.15, 0.2) is 5.82 Å². The van der Waals surface area contributed by atoms with Gasteiger partial charge in [0.05, 0.1) is 17.6 Å². The lowest BCUT2D eigenvalue weighted by Gasteiger charge is -2.44. The van der Waals surface area contributed by atoms with Gasteiger partial charge in [0, 0.05) is 11.1 Å². The maximum absolute atomic E-state index is 14.1. The van der Waals surface area contributed by atoms with Crippen molar-refractivity contribution in [2.75, 3.05) is 0 Å². The summed E-state index contributed by atoms with van der Waals surface area (Å²) in [6.45, 7) is 0.167. The van der Waals surface area contributed by atoms with Crippen LogP contribution in [0.3, 0.4) is 0 Å². The molecule has 0 bridgehead atoms. The third-order valence-corrected chi connectivity index (χ3v) is 7.98. The molecule has 2 aromatic carbocycles. The number of benzene rings is 2. The second kappa shape index (κ2) is 9.90. The quantitative estimate of drug-likeness (QED) is 0.466. The molecule has 2 heterocycles. The number of carbonyl (C=O) groups excluding carboxylic acids is 2. The van der Waals surface area contributed by atoms with Crippen molar-refractivity contribution in [3.05, 3.63) is 75.8 Å². The van der Waals surface area contributed by atoms with E-state index in [9.17, 15) is 14.0 Å². The number of aromatic amines is 1. The first-order valence-corrected chi connectivity index (χ1v) is 13.3. The number of halogens is 2. The fourth-order valence-electron chi connectivity index (χ4n) is 5.69. The van der Waals surface area contributed by atoms with Crippen LogP contribution in [0.5, 0.6) is 0 Å². The molecule has 2 aliphatic carbocycles. The van der Waals surface area contributed by atoms with Crippen molar-refractivity contribution in [1.29, 1.82) is 0 Å². The van der Waals surface area contributed by atoms with Crippen LogP contribution in [0.1, 0.15) is 78.3 Å². The van der Waals surface area contributed by atoms with E-state index < -0.39 is 11.5 Å². The van der Waals surface area contributed by atoms with Gasteiger partial charge in [-0.05, 0) is 80.3 Å². The summed E-state index contributed by atoms with van der Waals surface area (Å²) < 4.78 is 13.9. The predicted octanol–water partition coefficient (Wildman–Crippen LogP) is 4.37. The van der Waals surface area contributed by atoms with Crippen molar-refractivity contribution in [1.82, 2.24) is 30.8 Å². The number of nitrogens with zero attached hydrogens (tertiary/aromatic N) is 5. The number of rotatable bonds is 7. The molecule has 0 radical (unpaired) electrons. The van der Waals surface area contributed by atoms with Gasteiger partial charge in [-0.1, -0.05) is 35.4 Å². The molecule has 11 heteroatoms. The summed E-state index contributed by atoms with van der Waals surface area (Å²) >= 11 is 6.07. The SMILES string of the molecule is O=C(NCc1nn[nH]n1)c1ccc([C@@H](C2CC2)N2C(=O)C(c3ccc(F)c(Cl)c3)=NC23CCCCC3)cc1. The third kappa shape index (κ3) is 4.57. The predicted molar refractivity (Wildman–Crippen MR) is 138 cm³/mol. The molecule has 2 saturated carbocycles. The molecule has 3 aliphatic rings. The van der Waals surface area contributed by atoms with E-state index in [-0.39, 0.29) is 29.4 Å². The van der Waals surface area contributed by atoms with E-state index in [2.05, 4.69) is 25.9 Å². The molecule has 1 aliphatic heterocycles. The van der Waals surface area contributed by atoms with Crippen molar-refractivity contribution in [2.45, 2.75) is 63.2 Å². The van der Waals surface area contributed by atoms with E-state index in [1.807, 2.05) is 17.0 Å².